The average molecular weight is 185 g/mol. The monoisotopic (exact) mass is 185 g/mol. The van der Waals surface area contributed by atoms with Crippen LogP contribution in [-0.4, -0.2) is 10.9 Å². The quantitative estimate of drug-likeness (QED) is 0.656. The molecule has 0 unspecified atom stereocenters. The fraction of sp³-hybridized carbons (Fsp3) is 0. The van der Waals surface area contributed by atoms with E-state index in [0.29, 0.717) is 0 Å². The summed E-state index contributed by atoms with van der Waals surface area (Å²) in [4.78, 5) is 14.9. The van der Waals surface area contributed by atoms with E-state index in [9.17, 15) is 4.79 Å². The minimum Gasteiger partial charge on any atom is -0.499 e. The molecule has 0 saturated heterocycles. The predicted octanol–water partition coefficient (Wildman–Crippen LogP) is 0.477. The van der Waals surface area contributed by atoms with Crippen LogP contribution in [0.3, 0.4) is 0 Å². The van der Waals surface area contributed by atoms with Crippen molar-refractivity contribution in [2.75, 3.05) is 0 Å². The first-order chi connectivity index (χ1) is 6.81. The van der Waals surface area contributed by atoms with Gasteiger partial charge in [0.1, 0.15) is 0 Å². The van der Waals surface area contributed by atoms with Gasteiger partial charge >= 0.3 is 5.91 Å². The maximum atomic E-state index is 11.0. The molecule has 0 bridgehead atoms. The molecule has 0 fully saturated rings. The van der Waals surface area contributed by atoms with E-state index in [4.69, 9.17) is 5.53 Å². The molecule has 1 amide bonds. The van der Waals surface area contributed by atoms with Crippen molar-refractivity contribution in [3.05, 3.63) is 47.8 Å². The maximum absolute atomic E-state index is 11.0. The number of carbonyl (C=O) groups is 1. The van der Waals surface area contributed by atoms with Crippen molar-refractivity contribution in [2.24, 2.45) is 0 Å². The van der Waals surface area contributed by atoms with Gasteiger partial charge in [-0.05, 0) is 11.5 Å². The summed E-state index contributed by atoms with van der Waals surface area (Å²) in [5.41, 5.74) is 8.62. The van der Waals surface area contributed by atoms with Crippen molar-refractivity contribution in [1.29, 1.82) is 0 Å². The van der Waals surface area contributed by atoms with Gasteiger partial charge in [0.15, 0.2) is 5.69 Å². The Hall–Kier alpha value is -2.10. The van der Waals surface area contributed by atoms with Crippen LogP contribution in [0, 0.1) is 0 Å². The Balaban J connectivity index is 2.62. The van der Waals surface area contributed by atoms with Gasteiger partial charge in [0.2, 0.25) is 0 Å². The molecule has 0 atom stereocenters. The number of nitrogens with zero attached hydrogens (tertiary/aromatic N) is 2. The number of hydrogen-bond acceptors (Lipinski definition) is 2. The summed E-state index contributed by atoms with van der Waals surface area (Å²) in [6, 6.07) is 9.19. The lowest BCUT2D eigenvalue weighted by Gasteiger charge is -1.96. The molecule has 0 saturated carbocycles. The number of benzene rings is 1. The van der Waals surface area contributed by atoms with Crippen molar-refractivity contribution < 1.29 is 9.91 Å². The van der Waals surface area contributed by atoms with E-state index in [0.717, 1.165) is 10.8 Å². The van der Waals surface area contributed by atoms with Crippen LogP contribution in [0.15, 0.2) is 36.5 Å². The van der Waals surface area contributed by atoms with Gasteiger partial charge in [-0.1, -0.05) is 24.3 Å². The molecule has 0 spiro atoms. The number of pyridine rings is 1. The van der Waals surface area contributed by atoms with Crippen molar-refractivity contribution in [3.8, 4) is 0 Å². The van der Waals surface area contributed by atoms with Gasteiger partial charge in [0, 0.05) is 11.6 Å². The van der Waals surface area contributed by atoms with E-state index >= 15 is 0 Å². The molecule has 1 aromatic carbocycles. The van der Waals surface area contributed by atoms with Gasteiger partial charge in [-0.2, -0.15) is 0 Å². The first-order valence-electron chi connectivity index (χ1n) is 4.10. The Morgan fingerprint density at radius 3 is 2.71 bits per heavy atom. The molecule has 1 N–H and O–H groups in total. The lowest BCUT2D eigenvalue weighted by atomic mass is 10.1. The average Bonchev–Trinajstić information content (AvgIpc) is 2.27. The van der Waals surface area contributed by atoms with Crippen LogP contribution in [0.4, 0.5) is 0 Å². The third-order valence-electron chi connectivity index (χ3n) is 1.97. The third-order valence-corrected chi connectivity index (χ3v) is 1.97. The molecular weight excluding hydrogens is 178 g/mol. The number of aromatic nitrogens is 1. The molecule has 2 rings (SSSR count). The zero-order valence-corrected chi connectivity index (χ0v) is 7.27. The zero-order valence-electron chi connectivity index (χ0n) is 7.27. The summed E-state index contributed by atoms with van der Waals surface area (Å²) in [7, 11) is 0. The highest BCUT2D eigenvalue weighted by Crippen LogP contribution is 2.12. The largest absolute Gasteiger partial charge is 0.499 e. The normalized spacial score (nSPS) is 10.0. The first-order valence-corrected chi connectivity index (χ1v) is 4.10. The fourth-order valence-electron chi connectivity index (χ4n) is 1.27. The molecule has 4 nitrogen and oxygen atoms in total. The lowest BCUT2D eigenvalue weighted by molar-refractivity contribution is -0.369. The Morgan fingerprint density at radius 2 is 2.00 bits per heavy atom. The summed E-state index contributed by atoms with van der Waals surface area (Å²) in [6.07, 6.45) is 1.60. The highest BCUT2D eigenvalue weighted by atomic mass is 16.1. The minimum atomic E-state index is -0.601. The van der Waals surface area contributed by atoms with Crippen LogP contribution >= 0.6 is 0 Å². The fourth-order valence-corrected chi connectivity index (χ4v) is 1.27. The topological polar surface area (TPSA) is 66.2 Å². The van der Waals surface area contributed by atoms with E-state index in [-0.39, 0.29) is 5.69 Å². The molecule has 0 radical (unpaired) electrons. The Bertz CT molecular complexity index is 507. The van der Waals surface area contributed by atoms with Crippen molar-refractivity contribution in [2.45, 2.75) is 0 Å². The van der Waals surface area contributed by atoms with E-state index < -0.39 is 5.91 Å². The van der Waals surface area contributed by atoms with Crippen LogP contribution in [0.25, 0.3) is 16.3 Å². The van der Waals surface area contributed by atoms with Gasteiger partial charge in [-0.15, -0.1) is 0 Å². The van der Waals surface area contributed by atoms with Gasteiger partial charge in [-0.25, -0.2) is 9.78 Å². The number of rotatable bonds is 1. The predicted molar refractivity (Wildman–Crippen MR) is 50.4 cm³/mol. The minimum absolute atomic E-state index is 0.200. The van der Waals surface area contributed by atoms with Crippen LogP contribution in [0.5, 0.6) is 0 Å². The summed E-state index contributed by atoms with van der Waals surface area (Å²) in [5.74, 6) is -0.601. The van der Waals surface area contributed by atoms with Gasteiger partial charge in [0.05, 0.1) is 0 Å². The molecule has 0 aliphatic carbocycles. The summed E-state index contributed by atoms with van der Waals surface area (Å²) >= 11 is 0. The molecule has 1 heterocycles. The molecule has 0 aliphatic rings. The van der Waals surface area contributed by atoms with E-state index in [1.54, 1.807) is 17.4 Å². The SMILES string of the molecule is [N-]=[NH+]C(=O)c1cc2ccccc2cn1. The van der Waals surface area contributed by atoms with Crippen molar-refractivity contribution >= 4 is 16.7 Å². The molecule has 4 heteroatoms. The smallest absolute Gasteiger partial charge is 0.425 e. The first kappa shape index (κ1) is 8.50. The summed E-state index contributed by atoms with van der Waals surface area (Å²) in [6.45, 7) is 0. The zero-order chi connectivity index (χ0) is 9.97. The second-order valence-corrected chi connectivity index (χ2v) is 2.86. The molecule has 0 aliphatic heterocycles. The van der Waals surface area contributed by atoms with E-state index in [1.165, 1.54) is 0 Å². The number of fused-ring (bicyclic) bond motifs is 1. The van der Waals surface area contributed by atoms with Gasteiger partial charge in [-0.3, -0.25) is 5.11 Å². The highest BCUT2D eigenvalue weighted by molar-refractivity contribution is 5.90. The highest BCUT2D eigenvalue weighted by Gasteiger charge is 2.08. The van der Waals surface area contributed by atoms with E-state index in [1.807, 2.05) is 24.3 Å². The number of amides is 1. The summed E-state index contributed by atoms with van der Waals surface area (Å²) in [5, 5.41) is 3.42. The van der Waals surface area contributed by atoms with Gasteiger partial charge in [0.25, 0.3) is 0 Å². The Morgan fingerprint density at radius 1 is 1.29 bits per heavy atom. The molecule has 14 heavy (non-hydrogen) atoms. The molecule has 68 valence electrons. The molecule has 1 aromatic heterocycles. The third kappa shape index (κ3) is 1.37. The van der Waals surface area contributed by atoms with E-state index in [2.05, 4.69) is 4.98 Å². The van der Waals surface area contributed by atoms with Crippen molar-refractivity contribution in [3.63, 3.8) is 0 Å². The lowest BCUT2D eigenvalue weighted by Crippen LogP contribution is -2.68. The molecule has 2 aromatic rings. The standard InChI is InChI=1S/C10H7N3O/c11-13-10(14)9-5-7-3-1-2-4-8(7)6-12-9/h1-6,13H. The summed E-state index contributed by atoms with van der Waals surface area (Å²) < 4.78 is 0. The Labute approximate surface area is 80.1 Å². The molecular formula is C10H7N3O. The number of nitrogens with one attached hydrogen (secondary N) is 1. The van der Waals surface area contributed by atoms with Crippen LogP contribution in [-0.2, 0) is 0 Å². The van der Waals surface area contributed by atoms with Crippen LogP contribution in [0.1, 0.15) is 10.5 Å². The van der Waals surface area contributed by atoms with Gasteiger partial charge < -0.3 is 5.53 Å². The number of hydrogen-bond donors (Lipinski definition) is 1. The maximum Gasteiger partial charge on any atom is 0.425 e. The van der Waals surface area contributed by atoms with Crippen LogP contribution < -0.4 is 5.11 Å². The van der Waals surface area contributed by atoms with Crippen molar-refractivity contribution in [1.82, 2.24) is 4.98 Å². The second kappa shape index (κ2) is 3.33. The number of carbonyl (C=O) groups excluding carboxylic acids is 1. The second-order valence-electron chi connectivity index (χ2n) is 2.86. The van der Waals surface area contributed by atoms with Crippen LogP contribution in [0.2, 0.25) is 0 Å². The Kier molecular flexibility index (Phi) is 2.02.